The third kappa shape index (κ3) is 5.45. The van der Waals surface area contributed by atoms with Gasteiger partial charge in [0.2, 0.25) is 5.91 Å². The number of anilines is 3. The van der Waals surface area contributed by atoms with Crippen molar-refractivity contribution in [2.75, 3.05) is 49.0 Å². The summed E-state index contributed by atoms with van der Waals surface area (Å²) in [5.74, 6) is -0.124. The molecule has 3 amide bonds. The van der Waals surface area contributed by atoms with Crippen molar-refractivity contribution >= 4 is 35.0 Å². The van der Waals surface area contributed by atoms with Gasteiger partial charge in [-0.15, -0.1) is 0 Å². The standard InChI is InChI=1S/C20H21N3O6/c1-27-9-10-28-20(26)22-15-6-4-5-14(11-15)21-18(24)12-23-16-7-2-3-8-17(16)29-13-19(23)25/h2-8,11H,9-10,12-13H2,1H3,(H,21,24)(H,22,26). The van der Waals surface area contributed by atoms with Gasteiger partial charge in [-0.2, -0.15) is 0 Å². The molecule has 152 valence electrons. The first-order valence-electron chi connectivity index (χ1n) is 8.91. The Kier molecular flexibility index (Phi) is 6.64. The summed E-state index contributed by atoms with van der Waals surface area (Å²) >= 11 is 0. The maximum atomic E-state index is 12.5. The van der Waals surface area contributed by atoms with E-state index in [0.29, 0.717) is 29.4 Å². The van der Waals surface area contributed by atoms with Gasteiger partial charge < -0.3 is 19.5 Å². The molecular formula is C20H21N3O6. The smallest absolute Gasteiger partial charge is 0.411 e. The van der Waals surface area contributed by atoms with Crippen molar-refractivity contribution in [3.63, 3.8) is 0 Å². The molecule has 0 radical (unpaired) electrons. The van der Waals surface area contributed by atoms with Crippen LogP contribution >= 0.6 is 0 Å². The second kappa shape index (κ2) is 9.56. The molecule has 2 aromatic carbocycles. The zero-order valence-electron chi connectivity index (χ0n) is 15.8. The molecule has 1 heterocycles. The van der Waals surface area contributed by atoms with Crippen molar-refractivity contribution in [2.45, 2.75) is 0 Å². The molecular weight excluding hydrogens is 378 g/mol. The lowest BCUT2D eigenvalue weighted by molar-refractivity contribution is -0.123. The summed E-state index contributed by atoms with van der Waals surface area (Å²) in [7, 11) is 1.51. The minimum atomic E-state index is -0.624. The average Bonchev–Trinajstić information content (AvgIpc) is 2.70. The maximum Gasteiger partial charge on any atom is 0.411 e. The Bertz CT molecular complexity index is 901. The molecule has 9 heteroatoms. The van der Waals surface area contributed by atoms with Gasteiger partial charge in [0.1, 0.15) is 18.9 Å². The summed E-state index contributed by atoms with van der Waals surface area (Å²) in [6, 6.07) is 13.6. The maximum absolute atomic E-state index is 12.5. The summed E-state index contributed by atoms with van der Waals surface area (Å²) in [5, 5.41) is 5.29. The van der Waals surface area contributed by atoms with Gasteiger partial charge >= 0.3 is 6.09 Å². The van der Waals surface area contributed by atoms with Crippen LogP contribution in [-0.4, -0.2) is 51.4 Å². The van der Waals surface area contributed by atoms with E-state index in [1.807, 2.05) is 0 Å². The number of hydrogen-bond acceptors (Lipinski definition) is 6. The predicted octanol–water partition coefficient (Wildman–Crippen LogP) is 2.25. The van der Waals surface area contributed by atoms with Gasteiger partial charge in [0.05, 0.1) is 12.3 Å². The van der Waals surface area contributed by atoms with E-state index in [1.54, 1.807) is 48.5 Å². The van der Waals surface area contributed by atoms with E-state index >= 15 is 0 Å². The number of para-hydroxylation sites is 2. The predicted molar refractivity (Wildman–Crippen MR) is 106 cm³/mol. The van der Waals surface area contributed by atoms with Crippen molar-refractivity contribution in [3.05, 3.63) is 48.5 Å². The highest BCUT2D eigenvalue weighted by Crippen LogP contribution is 2.31. The molecule has 0 bridgehead atoms. The molecule has 9 nitrogen and oxygen atoms in total. The lowest BCUT2D eigenvalue weighted by atomic mass is 10.2. The average molecular weight is 399 g/mol. The molecule has 29 heavy (non-hydrogen) atoms. The number of ether oxygens (including phenoxy) is 3. The van der Waals surface area contributed by atoms with Gasteiger partial charge in [0.25, 0.3) is 5.91 Å². The van der Waals surface area contributed by atoms with Crippen LogP contribution in [0.5, 0.6) is 5.75 Å². The number of fused-ring (bicyclic) bond motifs is 1. The Morgan fingerprint density at radius 3 is 2.62 bits per heavy atom. The largest absolute Gasteiger partial charge is 0.482 e. The number of methoxy groups -OCH3 is 1. The first-order valence-corrected chi connectivity index (χ1v) is 8.91. The number of carbonyl (C=O) groups excluding carboxylic acids is 3. The van der Waals surface area contributed by atoms with Crippen LogP contribution in [0.2, 0.25) is 0 Å². The van der Waals surface area contributed by atoms with Crippen LogP contribution in [-0.2, 0) is 19.1 Å². The van der Waals surface area contributed by atoms with Crippen LogP contribution in [0.4, 0.5) is 21.9 Å². The lowest BCUT2D eigenvalue weighted by Crippen LogP contribution is -2.43. The quantitative estimate of drug-likeness (QED) is 0.692. The molecule has 0 aromatic heterocycles. The van der Waals surface area contributed by atoms with E-state index in [-0.39, 0.29) is 31.6 Å². The van der Waals surface area contributed by atoms with Gasteiger partial charge in [0, 0.05) is 18.5 Å². The molecule has 2 N–H and O–H groups in total. The second-order valence-electron chi connectivity index (χ2n) is 6.12. The molecule has 0 unspecified atom stereocenters. The highest BCUT2D eigenvalue weighted by molar-refractivity contribution is 6.05. The molecule has 0 aliphatic carbocycles. The first-order chi connectivity index (χ1) is 14.1. The molecule has 1 aliphatic rings. The topological polar surface area (TPSA) is 106 Å². The van der Waals surface area contributed by atoms with E-state index in [1.165, 1.54) is 12.0 Å². The highest BCUT2D eigenvalue weighted by Gasteiger charge is 2.26. The van der Waals surface area contributed by atoms with Crippen molar-refractivity contribution in [1.29, 1.82) is 0 Å². The molecule has 0 saturated carbocycles. The number of benzene rings is 2. The Labute approximate surface area is 167 Å². The van der Waals surface area contributed by atoms with Crippen LogP contribution < -0.4 is 20.3 Å². The Morgan fingerprint density at radius 1 is 1.07 bits per heavy atom. The third-order valence-corrected chi connectivity index (χ3v) is 4.02. The van der Waals surface area contributed by atoms with E-state index in [2.05, 4.69) is 10.6 Å². The Morgan fingerprint density at radius 2 is 1.83 bits per heavy atom. The molecule has 1 aliphatic heterocycles. The molecule has 0 spiro atoms. The van der Waals surface area contributed by atoms with E-state index in [0.717, 1.165) is 0 Å². The van der Waals surface area contributed by atoms with Crippen LogP contribution in [0.3, 0.4) is 0 Å². The molecule has 0 saturated heterocycles. The third-order valence-electron chi connectivity index (χ3n) is 4.02. The van der Waals surface area contributed by atoms with Gasteiger partial charge in [-0.3, -0.25) is 19.8 Å². The van der Waals surface area contributed by atoms with Crippen molar-refractivity contribution in [2.24, 2.45) is 0 Å². The summed E-state index contributed by atoms with van der Waals surface area (Å²) in [4.78, 5) is 37.7. The number of carbonyl (C=O) groups is 3. The molecule has 3 rings (SSSR count). The second-order valence-corrected chi connectivity index (χ2v) is 6.12. The molecule has 2 aromatic rings. The van der Waals surface area contributed by atoms with Gasteiger partial charge in [-0.25, -0.2) is 4.79 Å². The van der Waals surface area contributed by atoms with Crippen molar-refractivity contribution in [1.82, 2.24) is 0 Å². The normalized spacial score (nSPS) is 12.6. The minimum absolute atomic E-state index is 0.116. The van der Waals surface area contributed by atoms with Gasteiger partial charge in [0.15, 0.2) is 6.61 Å². The summed E-state index contributed by atoms with van der Waals surface area (Å²) in [6.45, 7) is 0.158. The zero-order chi connectivity index (χ0) is 20.6. The summed E-state index contributed by atoms with van der Waals surface area (Å²) < 4.78 is 15.1. The van der Waals surface area contributed by atoms with Crippen LogP contribution in [0.15, 0.2) is 48.5 Å². The van der Waals surface area contributed by atoms with Crippen LogP contribution in [0, 0.1) is 0 Å². The molecule has 0 fully saturated rings. The van der Waals surface area contributed by atoms with Crippen LogP contribution in [0.25, 0.3) is 0 Å². The fourth-order valence-corrected chi connectivity index (χ4v) is 2.72. The minimum Gasteiger partial charge on any atom is -0.482 e. The van der Waals surface area contributed by atoms with Gasteiger partial charge in [-0.05, 0) is 30.3 Å². The summed E-state index contributed by atoms with van der Waals surface area (Å²) in [5.41, 5.74) is 1.48. The highest BCUT2D eigenvalue weighted by atomic mass is 16.6. The monoisotopic (exact) mass is 399 g/mol. The number of amides is 3. The van der Waals surface area contributed by atoms with Crippen LogP contribution in [0.1, 0.15) is 0 Å². The van der Waals surface area contributed by atoms with Gasteiger partial charge in [-0.1, -0.05) is 18.2 Å². The Hall–Kier alpha value is -3.59. The number of nitrogens with zero attached hydrogens (tertiary/aromatic N) is 1. The van der Waals surface area contributed by atoms with E-state index < -0.39 is 6.09 Å². The fraction of sp³-hybridized carbons (Fsp3) is 0.250. The molecule has 0 atom stereocenters. The number of rotatable bonds is 7. The Balaban J connectivity index is 1.60. The van der Waals surface area contributed by atoms with E-state index in [4.69, 9.17) is 14.2 Å². The zero-order valence-corrected chi connectivity index (χ0v) is 15.8. The number of hydrogen-bond donors (Lipinski definition) is 2. The van der Waals surface area contributed by atoms with Crippen molar-refractivity contribution < 1.29 is 28.6 Å². The fourth-order valence-electron chi connectivity index (χ4n) is 2.72. The van der Waals surface area contributed by atoms with E-state index in [9.17, 15) is 14.4 Å². The lowest BCUT2D eigenvalue weighted by Gasteiger charge is -2.28. The first kappa shape index (κ1) is 20.2. The summed E-state index contributed by atoms with van der Waals surface area (Å²) in [6.07, 6.45) is -0.624. The SMILES string of the molecule is COCCOC(=O)Nc1cccc(NC(=O)CN2C(=O)COc3ccccc32)c1. The van der Waals surface area contributed by atoms with Crippen molar-refractivity contribution in [3.8, 4) is 5.75 Å². The number of nitrogens with one attached hydrogen (secondary N) is 2.